The van der Waals surface area contributed by atoms with Gasteiger partial charge in [-0.3, -0.25) is 4.79 Å². The maximum atomic E-state index is 13.7. The van der Waals surface area contributed by atoms with E-state index in [9.17, 15) is 4.79 Å². The van der Waals surface area contributed by atoms with Gasteiger partial charge < -0.3 is 20.1 Å². The number of para-hydroxylation sites is 2. The van der Waals surface area contributed by atoms with Crippen LogP contribution < -0.4 is 20.1 Å². The molecule has 1 unspecified atom stereocenters. The molecule has 1 aromatic heterocycles. The number of benzene rings is 3. The summed E-state index contributed by atoms with van der Waals surface area (Å²) in [7, 11) is 1.58. The molecule has 4 aromatic rings. The molecular formula is C28H26BrN5O3. The number of carbonyl (C=O) groups is 1. The van der Waals surface area contributed by atoms with E-state index in [0.717, 1.165) is 21.3 Å². The lowest BCUT2D eigenvalue weighted by Crippen LogP contribution is -2.31. The molecule has 0 aliphatic carbocycles. The van der Waals surface area contributed by atoms with Crippen molar-refractivity contribution < 1.29 is 14.3 Å². The molecule has 188 valence electrons. The molecule has 3 aromatic carbocycles. The van der Waals surface area contributed by atoms with Crippen molar-refractivity contribution >= 4 is 33.5 Å². The third-order valence-corrected chi connectivity index (χ3v) is 6.59. The second-order valence-electron chi connectivity index (χ2n) is 8.43. The minimum atomic E-state index is -0.497. The number of allylic oxidation sites excluding steroid dienone is 1. The minimum absolute atomic E-state index is 0.258. The van der Waals surface area contributed by atoms with Crippen LogP contribution in [0.15, 0.2) is 88.5 Å². The number of anilines is 2. The highest BCUT2D eigenvalue weighted by Crippen LogP contribution is 2.38. The molecule has 1 aliphatic rings. The molecule has 1 atom stereocenters. The van der Waals surface area contributed by atoms with E-state index in [4.69, 9.17) is 19.6 Å². The molecule has 2 N–H and O–H groups in total. The molecule has 37 heavy (non-hydrogen) atoms. The van der Waals surface area contributed by atoms with Crippen molar-refractivity contribution in [3.8, 4) is 22.9 Å². The normalized spacial score (nSPS) is 14.5. The molecule has 0 bridgehead atoms. The lowest BCUT2D eigenvalue weighted by Gasteiger charge is -2.29. The number of methoxy groups -OCH3 is 1. The van der Waals surface area contributed by atoms with Crippen LogP contribution in [0, 0.1) is 0 Å². The standard InChI is InChI=1S/C28H26BrN5O3/c1-4-37-21-15-11-19(12-16-21)26-32-28-30-17(2)24(27(35)31-22-7-5-6-8-23(22)36-3)25(34(28)33-26)18-9-13-20(29)14-10-18/h5-16,25H,4H2,1-3H3,(H,31,35)(H,30,32,33). The summed E-state index contributed by atoms with van der Waals surface area (Å²) in [5, 5.41) is 11.1. The van der Waals surface area contributed by atoms with E-state index in [1.807, 2.05) is 80.6 Å². The van der Waals surface area contributed by atoms with Gasteiger partial charge in [0.1, 0.15) is 17.5 Å². The summed E-state index contributed by atoms with van der Waals surface area (Å²) in [6.45, 7) is 4.42. The Kier molecular flexibility index (Phi) is 6.96. The highest BCUT2D eigenvalue weighted by atomic mass is 79.9. The Hall–Kier alpha value is -4.11. The summed E-state index contributed by atoms with van der Waals surface area (Å²) < 4.78 is 13.7. The van der Waals surface area contributed by atoms with Crippen molar-refractivity contribution in [2.45, 2.75) is 19.9 Å². The van der Waals surface area contributed by atoms with Gasteiger partial charge in [-0.2, -0.15) is 4.98 Å². The van der Waals surface area contributed by atoms with Crippen molar-refractivity contribution in [2.75, 3.05) is 24.4 Å². The van der Waals surface area contributed by atoms with Crippen LogP contribution in [0.4, 0.5) is 11.6 Å². The van der Waals surface area contributed by atoms with Gasteiger partial charge in [0.15, 0.2) is 5.82 Å². The number of ether oxygens (including phenoxy) is 2. The maximum absolute atomic E-state index is 13.7. The van der Waals surface area contributed by atoms with E-state index < -0.39 is 6.04 Å². The van der Waals surface area contributed by atoms with E-state index in [1.54, 1.807) is 17.9 Å². The van der Waals surface area contributed by atoms with Crippen LogP contribution in [0.3, 0.4) is 0 Å². The van der Waals surface area contributed by atoms with E-state index in [1.165, 1.54) is 0 Å². The highest BCUT2D eigenvalue weighted by Gasteiger charge is 2.34. The lowest BCUT2D eigenvalue weighted by atomic mass is 9.95. The zero-order chi connectivity index (χ0) is 25.9. The summed E-state index contributed by atoms with van der Waals surface area (Å²) in [6, 6.07) is 22.3. The molecule has 1 amide bonds. The Bertz CT molecular complexity index is 1460. The number of halogens is 1. The summed E-state index contributed by atoms with van der Waals surface area (Å²) in [4.78, 5) is 18.5. The van der Waals surface area contributed by atoms with Crippen LogP contribution in [0.5, 0.6) is 11.5 Å². The molecule has 9 heteroatoms. The predicted octanol–water partition coefficient (Wildman–Crippen LogP) is 6.04. The van der Waals surface area contributed by atoms with Gasteiger partial charge >= 0.3 is 0 Å². The summed E-state index contributed by atoms with van der Waals surface area (Å²) >= 11 is 3.51. The van der Waals surface area contributed by atoms with E-state index in [2.05, 4.69) is 26.6 Å². The quantitative estimate of drug-likeness (QED) is 0.287. The second kappa shape index (κ2) is 10.5. The topological polar surface area (TPSA) is 90.3 Å². The molecular weight excluding hydrogens is 534 g/mol. The lowest BCUT2D eigenvalue weighted by molar-refractivity contribution is -0.113. The number of hydrogen-bond acceptors (Lipinski definition) is 6. The number of aromatic nitrogens is 3. The molecule has 0 radical (unpaired) electrons. The zero-order valence-electron chi connectivity index (χ0n) is 20.7. The van der Waals surface area contributed by atoms with Crippen LogP contribution in [-0.4, -0.2) is 34.4 Å². The molecule has 2 heterocycles. The Labute approximate surface area is 223 Å². The first kappa shape index (κ1) is 24.6. The van der Waals surface area contributed by atoms with Crippen LogP contribution in [0.1, 0.15) is 25.5 Å². The molecule has 0 saturated heterocycles. The van der Waals surface area contributed by atoms with Crippen molar-refractivity contribution in [3.05, 3.63) is 94.1 Å². The highest BCUT2D eigenvalue weighted by molar-refractivity contribution is 9.10. The van der Waals surface area contributed by atoms with Crippen molar-refractivity contribution in [1.82, 2.24) is 14.8 Å². The van der Waals surface area contributed by atoms with Gasteiger partial charge in [0.2, 0.25) is 5.95 Å². The predicted molar refractivity (Wildman–Crippen MR) is 147 cm³/mol. The van der Waals surface area contributed by atoms with Gasteiger partial charge in [-0.25, -0.2) is 4.68 Å². The zero-order valence-corrected chi connectivity index (χ0v) is 22.2. The number of fused-ring (bicyclic) bond motifs is 1. The van der Waals surface area contributed by atoms with Crippen LogP contribution in [0.2, 0.25) is 0 Å². The van der Waals surface area contributed by atoms with Gasteiger partial charge in [-0.1, -0.05) is 40.2 Å². The van der Waals surface area contributed by atoms with Crippen molar-refractivity contribution in [1.29, 1.82) is 0 Å². The van der Waals surface area contributed by atoms with Gasteiger partial charge in [0.05, 0.1) is 25.0 Å². The Morgan fingerprint density at radius 2 is 1.81 bits per heavy atom. The fourth-order valence-corrected chi connectivity index (χ4v) is 4.59. The summed E-state index contributed by atoms with van der Waals surface area (Å²) in [5.74, 6) is 2.22. The van der Waals surface area contributed by atoms with Crippen LogP contribution in [0.25, 0.3) is 11.4 Å². The molecule has 1 aliphatic heterocycles. The fourth-order valence-electron chi connectivity index (χ4n) is 4.33. The SMILES string of the molecule is CCOc1ccc(-c2nc3n(n2)C(c2ccc(Br)cc2)C(C(=O)Nc2ccccc2OC)=C(C)N3)cc1. The maximum Gasteiger partial charge on any atom is 0.255 e. The minimum Gasteiger partial charge on any atom is -0.495 e. The van der Waals surface area contributed by atoms with Crippen LogP contribution in [-0.2, 0) is 4.79 Å². The largest absolute Gasteiger partial charge is 0.495 e. The Morgan fingerprint density at radius 3 is 2.51 bits per heavy atom. The molecule has 0 spiro atoms. The molecule has 8 nitrogen and oxygen atoms in total. The fraction of sp³-hybridized carbons (Fsp3) is 0.179. The summed E-state index contributed by atoms with van der Waals surface area (Å²) in [5.41, 5.74) is 3.56. The smallest absolute Gasteiger partial charge is 0.255 e. The number of carbonyl (C=O) groups excluding carboxylic acids is 1. The molecule has 5 rings (SSSR count). The Balaban J connectivity index is 1.56. The number of hydrogen-bond donors (Lipinski definition) is 2. The van der Waals surface area contributed by atoms with Crippen molar-refractivity contribution in [3.63, 3.8) is 0 Å². The third-order valence-electron chi connectivity index (χ3n) is 6.06. The second-order valence-corrected chi connectivity index (χ2v) is 9.35. The van der Waals surface area contributed by atoms with Gasteiger partial charge in [-0.15, -0.1) is 5.10 Å². The van der Waals surface area contributed by atoms with E-state index >= 15 is 0 Å². The first-order valence-corrected chi connectivity index (χ1v) is 12.6. The average Bonchev–Trinajstić information content (AvgIpc) is 3.33. The van der Waals surface area contributed by atoms with Crippen molar-refractivity contribution in [2.24, 2.45) is 0 Å². The monoisotopic (exact) mass is 559 g/mol. The number of nitrogens with zero attached hydrogens (tertiary/aromatic N) is 3. The Morgan fingerprint density at radius 1 is 1.08 bits per heavy atom. The molecule has 0 fully saturated rings. The number of rotatable bonds is 7. The number of amides is 1. The first-order chi connectivity index (χ1) is 18.0. The van der Waals surface area contributed by atoms with Gasteiger partial charge in [0.25, 0.3) is 5.91 Å². The van der Waals surface area contributed by atoms with Gasteiger partial charge in [0, 0.05) is 15.7 Å². The van der Waals surface area contributed by atoms with Crippen LogP contribution >= 0.6 is 15.9 Å². The molecule has 0 saturated carbocycles. The average molecular weight is 560 g/mol. The first-order valence-electron chi connectivity index (χ1n) is 11.9. The number of nitrogens with one attached hydrogen (secondary N) is 2. The van der Waals surface area contributed by atoms with Gasteiger partial charge in [-0.05, 0) is 67.9 Å². The van der Waals surface area contributed by atoms with E-state index in [0.29, 0.717) is 41.1 Å². The summed E-state index contributed by atoms with van der Waals surface area (Å²) in [6.07, 6.45) is 0. The third kappa shape index (κ3) is 4.95. The van der Waals surface area contributed by atoms with E-state index in [-0.39, 0.29) is 5.91 Å².